The number of nitrogens with zero attached hydrogens (tertiary/aromatic N) is 2. The number of fused-ring (bicyclic) bond motifs is 1. The number of pyridine rings is 1. The Bertz CT molecular complexity index is 1190. The van der Waals surface area contributed by atoms with E-state index >= 15 is 0 Å². The van der Waals surface area contributed by atoms with Crippen LogP contribution in [0.5, 0.6) is 0 Å². The fourth-order valence-electron chi connectivity index (χ4n) is 4.22. The van der Waals surface area contributed by atoms with Crippen molar-refractivity contribution in [3.63, 3.8) is 0 Å². The van der Waals surface area contributed by atoms with E-state index in [1.54, 1.807) is 6.20 Å². The lowest BCUT2D eigenvalue weighted by Crippen LogP contribution is -2.10. The average Bonchev–Trinajstić information content (AvgIpc) is 3.38. The smallest absolute Gasteiger partial charge is 0.132 e. The van der Waals surface area contributed by atoms with E-state index in [1.165, 1.54) is 10.8 Å². The van der Waals surface area contributed by atoms with Crippen LogP contribution in [0.1, 0.15) is 62.8 Å². The number of carbonyl (C=O) groups is 1. The molecule has 1 N–H and O–H groups in total. The Balaban J connectivity index is 1.42. The molecule has 1 atom stereocenters. The van der Waals surface area contributed by atoms with Crippen molar-refractivity contribution in [2.75, 3.05) is 6.61 Å². The summed E-state index contributed by atoms with van der Waals surface area (Å²) in [7, 11) is 0. The van der Waals surface area contributed by atoms with Gasteiger partial charge in [-0.15, -0.1) is 0 Å². The van der Waals surface area contributed by atoms with Crippen molar-refractivity contribution < 1.29 is 9.53 Å². The van der Waals surface area contributed by atoms with Crippen molar-refractivity contribution in [2.45, 2.75) is 58.0 Å². The second-order valence-corrected chi connectivity index (χ2v) is 8.81. The van der Waals surface area contributed by atoms with Gasteiger partial charge in [0.15, 0.2) is 0 Å². The largest absolute Gasteiger partial charge is 0.376 e. The van der Waals surface area contributed by atoms with E-state index in [2.05, 4.69) is 52.4 Å². The maximum absolute atomic E-state index is 11.6. The molecule has 0 saturated heterocycles. The molecule has 176 valence electrons. The fourth-order valence-corrected chi connectivity index (χ4v) is 4.22. The third kappa shape index (κ3) is 6.61. The minimum Gasteiger partial charge on any atom is -0.376 e. The highest BCUT2D eigenvalue weighted by Crippen LogP contribution is 2.27. The Morgan fingerprint density at radius 1 is 1.00 bits per heavy atom. The Hall–Kier alpha value is -3.31. The van der Waals surface area contributed by atoms with E-state index in [-0.39, 0.29) is 5.92 Å². The van der Waals surface area contributed by atoms with Crippen LogP contribution in [0, 0.1) is 0 Å². The van der Waals surface area contributed by atoms with Crippen LogP contribution in [0.2, 0.25) is 0 Å². The predicted octanol–water partition coefficient (Wildman–Crippen LogP) is 6.85. The molecule has 2 heterocycles. The van der Waals surface area contributed by atoms with Crippen molar-refractivity contribution in [1.29, 1.82) is 0 Å². The van der Waals surface area contributed by atoms with Gasteiger partial charge in [-0.1, -0.05) is 62.2 Å². The molecule has 0 aliphatic rings. The van der Waals surface area contributed by atoms with Gasteiger partial charge in [0.05, 0.1) is 25.1 Å². The second-order valence-electron chi connectivity index (χ2n) is 8.81. The summed E-state index contributed by atoms with van der Waals surface area (Å²) in [5.74, 6) is 1.48. The molecule has 0 amide bonds. The predicted molar refractivity (Wildman–Crippen MR) is 137 cm³/mol. The van der Waals surface area contributed by atoms with Gasteiger partial charge in [-0.25, -0.2) is 4.98 Å². The Labute approximate surface area is 201 Å². The summed E-state index contributed by atoms with van der Waals surface area (Å²) in [6.07, 6.45) is 10.9. The van der Waals surface area contributed by atoms with Crippen LogP contribution in [0.15, 0.2) is 73.2 Å². The highest BCUT2D eigenvalue weighted by molar-refractivity contribution is 5.86. The third-order valence-electron chi connectivity index (χ3n) is 6.26. The molecular formula is C29H33N3O2. The molecule has 0 unspecified atom stereocenters. The lowest BCUT2D eigenvalue weighted by atomic mass is 10.00. The first-order valence-corrected chi connectivity index (χ1v) is 12.3. The highest BCUT2D eigenvalue weighted by atomic mass is 16.5. The zero-order valence-corrected chi connectivity index (χ0v) is 19.9. The first-order valence-electron chi connectivity index (χ1n) is 12.3. The number of ketones is 1. The molecular weight excluding hydrogens is 422 g/mol. The van der Waals surface area contributed by atoms with Crippen LogP contribution in [-0.2, 0) is 16.1 Å². The van der Waals surface area contributed by atoms with Gasteiger partial charge in [-0.05, 0) is 41.3 Å². The number of hydrogen-bond acceptors (Lipinski definition) is 4. The summed E-state index contributed by atoms with van der Waals surface area (Å²) >= 11 is 0. The number of aromatic amines is 1. The summed E-state index contributed by atoms with van der Waals surface area (Å²) in [6.45, 7) is 3.06. The summed E-state index contributed by atoms with van der Waals surface area (Å²) in [5, 5.41) is 2.45. The molecule has 34 heavy (non-hydrogen) atoms. The second kappa shape index (κ2) is 12.2. The van der Waals surface area contributed by atoms with Gasteiger partial charge in [0.25, 0.3) is 0 Å². The fraction of sp³-hybridized carbons (Fsp3) is 0.345. The summed E-state index contributed by atoms with van der Waals surface area (Å²) in [4.78, 5) is 24.0. The zero-order chi connectivity index (χ0) is 23.6. The number of Topliss-reactive ketones (excluding diaryl/α,β-unsaturated/α-hetero) is 1. The van der Waals surface area contributed by atoms with Crippen LogP contribution in [0.25, 0.3) is 22.0 Å². The minimum atomic E-state index is 0.174. The number of nitrogens with one attached hydrogen (secondary N) is 1. The maximum atomic E-state index is 11.6. The minimum absolute atomic E-state index is 0.174. The van der Waals surface area contributed by atoms with Crippen molar-refractivity contribution in [2.24, 2.45) is 0 Å². The van der Waals surface area contributed by atoms with E-state index in [0.29, 0.717) is 31.8 Å². The van der Waals surface area contributed by atoms with Gasteiger partial charge >= 0.3 is 0 Å². The van der Waals surface area contributed by atoms with Crippen LogP contribution in [-0.4, -0.2) is 27.3 Å². The molecule has 4 rings (SSSR count). The van der Waals surface area contributed by atoms with Gasteiger partial charge in [-0.2, -0.15) is 0 Å². The quantitative estimate of drug-likeness (QED) is 0.224. The van der Waals surface area contributed by atoms with Crippen LogP contribution >= 0.6 is 0 Å². The number of unbranched alkanes of at least 4 members (excludes halogenated alkanes) is 2. The number of H-pyrrole nitrogens is 1. The lowest BCUT2D eigenvalue weighted by Gasteiger charge is -2.15. The SMILES string of the molecule is CCC(=O)CCCCC[C@@H](COCc1cccnc1)c1ncc(-c2ccc3ccccc3c2)[nH]1. The lowest BCUT2D eigenvalue weighted by molar-refractivity contribution is -0.118. The molecule has 0 aliphatic carbocycles. The molecule has 5 nitrogen and oxygen atoms in total. The monoisotopic (exact) mass is 455 g/mol. The molecule has 5 heteroatoms. The molecule has 0 aliphatic heterocycles. The Morgan fingerprint density at radius 3 is 2.71 bits per heavy atom. The molecule has 0 radical (unpaired) electrons. The number of carbonyl (C=O) groups excluding carboxylic acids is 1. The first-order chi connectivity index (χ1) is 16.7. The number of aromatic nitrogens is 3. The summed E-state index contributed by atoms with van der Waals surface area (Å²) in [5.41, 5.74) is 3.22. The Morgan fingerprint density at radius 2 is 1.88 bits per heavy atom. The third-order valence-corrected chi connectivity index (χ3v) is 6.26. The molecule has 2 aromatic carbocycles. The maximum Gasteiger partial charge on any atom is 0.132 e. The highest BCUT2D eigenvalue weighted by Gasteiger charge is 2.17. The summed E-state index contributed by atoms with van der Waals surface area (Å²) in [6, 6.07) is 18.8. The van der Waals surface area contributed by atoms with Crippen LogP contribution in [0.3, 0.4) is 0 Å². The standard InChI is InChI=1S/C29H33N3O2/c1-2-27(33)13-5-3-4-12-26(21-34-20-22-9-8-16-30-18-22)29-31-19-28(32-29)25-15-14-23-10-6-7-11-24(23)17-25/h6-11,14-19,26H,2-5,12-13,20-21H2,1H3,(H,31,32)/t26-/m0/s1. The molecule has 2 aromatic heterocycles. The van der Waals surface area contributed by atoms with Crippen molar-refractivity contribution in [3.8, 4) is 11.3 Å². The number of ether oxygens (including phenoxy) is 1. The van der Waals surface area contributed by atoms with E-state index < -0.39 is 0 Å². The van der Waals surface area contributed by atoms with Gasteiger partial charge in [0.1, 0.15) is 11.6 Å². The normalized spacial score (nSPS) is 12.1. The summed E-state index contributed by atoms with van der Waals surface area (Å²) < 4.78 is 6.07. The molecule has 0 saturated carbocycles. The van der Waals surface area contributed by atoms with Crippen molar-refractivity contribution >= 4 is 16.6 Å². The average molecular weight is 456 g/mol. The van der Waals surface area contributed by atoms with E-state index in [1.807, 2.05) is 31.5 Å². The topological polar surface area (TPSA) is 67.9 Å². The molecule has 4 aromatic rings. The molecule has 0 fully saturated rings. The van der Waals surface area contributed by atoms with E-state index in [0.717, 1.165) is 48.3 Å². The number of rotatable bonds is 13. The van der Waals surface area contributed by atoms with Gasteiger partial charge < -0.3 is 9.72 Å². The van der Waals surface area contributed by atoms with Crippen molar-refractivity contribution in [3.05, 3.63) is 84.6 Å². The Kier molecular flexibility index (Phi) is 8.58. The van der Waals surface area contributed by atoms with Crippen LogP contribution in [0.4, 0.5) is 0 Å². The number of benzene rings is 2. The van der Waals surface area contributed by atoms with Gasteiger partial charge in [-0.3, -0.25) is 9.78 Å². The molecule has 0 spiro atoms. The first kappa shape index (κ1) is 23.8. The molecule has 0 bridgehead atoms. The van der Waals surface area contributed by atoms with Gasteiger partial charge in [0.2, 0.25) is 0 Å². The van der Waals surface area contributed by atoms with E-state index in [4.69, 9.17) is 9.72 Å². The van der Waals surface area contributed by atoms with Crippen LogP contribution < -0.4 is 0 Å². The van der Waals surface area contributed by atoms with E-state index in [9.17, 15) is 4.79 Å². The number of hydrogen-bond donors (Lipinski definition) is 1. The number of imidazole rings is 1. The van der Waals surface area contributed by atoms with Gasteiger partial charge in [0, 0.05) is 36.7 Å². The zero-order valence-electron chi connectivity index (χ0n) is 19.9. The van der Waals surface area contributed by atoms with Crippen molar-refractivity contribution in [1.82, 2.24) is 15.0 Å².